The largest absolute Gasteiger partial charge is 0.356 e. The summed E-state index contributed by atoms with van der Waals surface area (Å²) in [5, 5.41) is 2.70. The maximum Gasteiger partial charge on any atom is 0.232 e. The third kappa shape index (κ3) is 5.84. The lowest BCUT2D eigenvalue weighted by molar-refractivity contribution is -0.120. The van der Waals surface area contributed by atoms with Crippen molar-refractivity contribution in [2.75, 3.05) is 23.7 Å². The minimum atomic E-state index is -3.50. The fourth-order valence-corrected chi connectivity index (χ4v) is 3.52. The topological polar surface area (TPSA) is 66.5 Å². The fourth-order valence-electron chi connectivity index (χ4n) is 2.60. The zero-order valence-electron chi connectivity index (χ0n) is 14.9. The van der Waals surface area contributed by atoms with Crippen LogP contribution in [0.3, 0.4) is 0 Å². The number of amides is 1. The maximum atomic E-state index is 13.5. The zero-order valence-corrected chi connectivity index (χ0v) is 15.7. The molecule has 0 bridgehead atoms. The Labute approximate surface area is 153 Å². The van der Waals surface area contributed by atoms with Crippen molar-refractivity contribution >= 4 is 21.6 Å². The second kappa shape index (κ2) is 8.80. The lowest BCUT2D eigenvalue weighted by Gasteiger charge is -2.22. The van der Waals surface area contributed by atoms with Crippen LogP contribution in [0.4, 0.5) is 10.1 Å². The number of rotatable bonds is 8. The number of hydrogen-bond donors (Lipinski definition) is 1. The lowest BCUT2D eigenvalue weighted by Crippen LogP contribution is -2.35. The van der Waals surface area contributed by atoms with Gasteiger partial charge in [0, 0.05) is 19.5 Å². The highest BCUT2D eigenvalue weighted by molar-refractivity contribution is 7.92. The Bertz CT molecular complexity index is 869. The van der Waals surface area contributed by atoms with E-state index in [-0.39, 0.29) is 24.7 Å². The van der Waals surface area contributed by atoms with Crippen LogP contribution in [0.15, 0.2) is 48.5 Å². The molecule has 1 amide bonds. The smallest absolute Gasteiger partial charge is 0.232 e. The Morgan fingerprint density at radius 2 is 1.88 bits per heavy atom. The molecule has 0 saturated carbocycles. The molecule has 2 aromatic carbocycles. The number of carbonyl (C=O) groups excluding carboxylic acids is 1. The summed E-state index contributed by atoms with van der Waals surface area (Å²) in [7, 11) is -3.50. The van der Waals surface area contributed by atoms with E-state index in [1.165, 1.54) is 10.4 Å². The number of carbonyl (C=O) groups is 1. The highest BCUT2D eigenvalue weighted by atomic mass is 32.2. The third-order valence-corrected chi connectivity index (χ3v) is 5.10. The molecule has 140 valence electrons. The van der Waals surface area contributed by atoms with Crippen molar-refractivity contribution in [1.29, 1.82) is 0 Å². The Hall–Kier alpha value is -2.41. The van der Waals surface area contributed by atoms with Crippen molar-refractivity contribution in [3.05, 3.63) is 65.5 Å². The van der Waals surface area contributed by atoms with Gasteiger partial charge >= 0.3 is 0 Å². The predicted molar refractivity (Wildman–Crippen MR) is 101 cm³/mol. The average molecular weight is 378 g/mol. The van der Waals surface area contributed by atoms with Gasteiger partial charge in [0.15, 0.2) is 0 Å². The van der Waals surface area contributed by atoms with E-state index in [4.69, 9.17) is 0 Å². The van der Waals surface area contributed by atoms with Crippen molar-refractivity contribution in [2.24, 2.45) is 0 Å². The zero-order chi connectivity index (χ0) is 19.2. The first-order valence-corrected chi connectivity index (χ1v) is 10.2. The molecule has 0 unspecified atom stereocenters. The molecule has 0 aliphatic heterocycles. The van der Waals surface area contributed by atoms with Crippen LogP contribution in [0.1, 0.15) is 17.5 Å². The van der Waals surface area contributed by atoms with Gasteiger partial charge in [-0.25, -0.2) is 12.8 Å². The number of halogens is 1. The number of nitrogens with zero attached hydrogens (tertiary/aromatic N) is 1. The minimum Gasteiger partial charge on any atom is -0.356 e. The molecule has 0 saturated heterocycles. The molecule has 0 aliphatic rings. The van der Waals surface area contributed by atoms with Crippen molar-refractivity contribution in [3.8, 4) is 0 Å². The van der Waals surface area contributed by atoms with E-state index in [9.17, 15) is 17.6 Å². The van der Waals surface area contributed by atoms with Crippen molar-refractivity contribution in [1.82, 2.24) is 5.32 Å². The monoisotopic (exact) mass is 378 g/mol. The molecular weight excluding hydrogens is 355 g/mol. The molecule has 0 atom stereocenters. The normalized spacial score (nSPS) is 11.2. The van der Waals surface area contributed by atoms with Crippen LogP contribution < -0.4 is 9.62 Å². The molecule has 0 aliphatic carbocycles. The molecule has 0 heterocycles. The Balaban J connectivity index is 1.90. The Morgan fingerprint density at radius 1 is 1.15 bits per heavy atom. The van der Waals surface area contributed by atoms with Gasteiger partial charge in [-0.2, -0.15) is 0 Å². The van der Waals surface area contributed by atoms with Crippen LogP contribution in [0.2, 0.25) is 0 Å². The highest BCUT2D eigenvalue weighted by Gasteiger charge is 2.18. The highest BCUT2D eigenvalue weighted by Crippen LogP contribution is 2.19. The second-order valence-electron chi connectivity index (χ2n) is 6.12. The summed E-state index contributed by atoms with van der Waals surface area (Å²) in [5.74, 6) is -0.577. The number of sulfonamides is 1. The van der Waals surface area contributed by atoms with E-state index in [1.807, 2.05) is 13.0 Å². The van der Waals surface area contributed by atoms with E-state index in [0.29, 0.717) is 24.2 Å². The molecule has 2 rings (SSSR count). The van der Waals surface area contributed by atoms with Crippen LogP contribution in [0, 0.1) is 12.7 Å². The number of anilines is 1. The van der Waals surface area contributed by atoms with Gasteiger partial charge in [0.25, 0.3) is 0 Å². The Morgan fingerprint density at radius 3 is 2.54 bits per heavy atom. The predicted octanol–water partition coefficient (Wildman–Crippen LogP) is 2.65. The summed E-state index contributed by atoms with van der Waals surface area (Å²) in [5.41, 5.74) is 2.00. The first kappa shape index (κ1) is 19.9. The van der Waals surface area contributed by atoms with Crippen LogP contribution >= 0.6 is 0 Å². The molecule has 0 fully saturated rings. The van der Waals surface area contributed by atoms with Crippen LogP contribution in [-0.4, -0.2) is 33.7 Å². The van der Waals surface area contributed by atoms with Crippen molar-refractivity contribution in [3.63, 3.8) is 0 Å². The lowest BCUT2D eigenvalue weighted by atomic mass is 10.1. The molecule has 26 heavy (non-hydrogen) atoms. The minimum absolute atomic E-state index is 0.0261. The quantitative estimate of drug-likeness (QED) is 0.768. The molecule has 5 nitrogen and oxygen atoms in total. The molecular formula is C19H23FN2O3S. The van der Waals surface area contributed by atoms with Gasteiger partial charge in [-0.3, -0.25) is 9.10 Å². The molecule has 2 aromatic rings. The standard InChI is InChI=1S/C19H23FN2O3S/c1-15-6-5-8-17(14-15)22(26(2,24)25)13-11-19(23)21-12-10-16-7-3-4-9-18(16)20/h3-9,14H,10-13H2,1-2H3,(H,21,23). The second-order valence-corrected chi connectivity index (χ2v) is 8.02. The summed E-state index contributed by atoms with van der Waals surface area (Å²) in [4.78, 5) is 12.0. The van der Waals surface area contributed by atoms with E-state index in [2.05, 4.69) is 5.32 Å². The van der Waals surface area contributed by atoms with Gasteiger partial charge in [-0.15, -0.1) is 0 Å². The SMILES string of the molecule is Cc1cccc(N(CCC(=O)NCCc2ccccc2F)S(C)(=O)=O)c1. The summed E-state index contributed by atoms with van der Waals surface area (Å²) < 4.78 is 38.8. The first-order valence-electron chi connectivity index (χ1n) is 8.32. The van der Waals surface area contributed by atoms with Crippen LogP contribution in [0.5, 0.6) is 0 Å². The van der Waals surface area contributed by atoms with E-state index < -0.39 is 10.0 Å². The molecule has 0 aromatic heterocycles. The number of nitrogens with one attached hydrogen (secondary N) is 1. The van der Waals surface area contributed by atoms with Crippen LogP contribution in [0.25, 0.3) is 0 Å². The van der Waals surface area contributed by atoms with E-state index >= 15 is 0 Å². The summed E-state index contributed by atoms with van der Waals surface area (Å²) in [6.07, 6.45) is 1.52. The average Bonchev–Trinajstić information content (AvgIpc) is 2.55. The number of aryl methyl sites for hydroxylation is 1. The van der Waals surface area contributed by atoms with Crippen LogP contribution in [-0.2, 0) is 21.2 Å². The van der Waals surface area contributed by atoms with E-state index in [0.717, 1.165) is 11.8 Å². The maximum absolute atomic E-state index is 13.5. The number of benzene rings is 2. The van der Waals surface area contributed by atoms with Gasteiger partial charge in [0.2, 0.25) is 15.9 Å². The van der Waals surface area contributed by atoms with Crippen molar-refractivity contribution in [2.45, 2.75) is 19.8 Å². The van der Waals surface area contributed by atoms with Gasteiger partial charge in [0.1, 0.15) is 5.82 Å². The van der Waals surface area contributed by atoms with Gasteiger partial charge < -0.3 is 5.32 Å². The van der Waals surface area contributed by atoms with Gasteiger partial charge in [-0.1, -0.05) is 30.3 Å². The Kier molecular flexibility index (Phi) is 6.74. The summed E-state index contributed by atoms with van der Waals surface area (Å²) in [6, 6.07) is 13.5. The van der Waals surface area contributed by atoms with E-state index in [1.54, 1.807) is 36.4 Å². The van der Waals surface area contributed by atoms with Crippen molar-refractivity contribution < 1.29 is 17.6 Å². The summed E-state index contributed by atoms with van der Waals surface area (Å²) >= 11 is 0. The first-order chi connectivity index (χ1) is 12.3. The number of hydrogen-bond acceptors (Lipinski definition) is 3. The summed E-state index contributed by atoms with van der Waals surface area (Å²) in [6.45, 7) is 2.22. The van der Waals surface area contributed by atoms with Gasteiger partial charge in [-0.05, 0) is 42.7 Å². The van der Waals surface area contributed by atoms with Gasteiger partial charge in [0.05, 0.1) is 11.9 Å². The molecule has 1 N–H and O–H groups in total. The molecule has 0 spiro atoms. The molecule has 7 heteroatoms. The molecule has 0 radical (unpaired) electrons. The third-order valence-electron chi connectivity index (χ3n) is 3.91. The fraction of sp³-hybridized carbons (Fsp3) is 0.316.